The van der Waals surface area contributed by atoms with Crippen molar-refractivity contribution in [1.29, 1.82) is 0 Å². The molecule has 0 fully saturated rings. The van der Waals surface area contributed by atoms with Gasteiger partial charge in [-0.1, -0.05) is 6.07 Å². The van der Waals surface area contributed by atoms with Crippen LogP contribution in [0.5, 0.6) is 0 Å². The van der Waals surface area contributed by atoms with E-state index in [1.807, 2.05) is 11.3 Å². The second-order valence-corrected chi connectivity index (χ2v) is 8.13. The maximum atomic E-state index is 4.69. The van der Waals surface area contributed by atoms with Crippen LogP contribution in [0.4, 0.5) is 0 Å². The van der Waals surface area contributed by atoms with E-state index in [0.29, 0.717) is 6.04 Å². The molecule has 1 atom stereocenters. The Kier molecular flexibility index (Phi) is 6.29. The van der Waals surface area contributed by atoms with Gasteiger partial charge in [-0.2, -0.15) is 0 Å². The number of thiophene rings is 2. The molecule has 3 rings (SSSR count). The molecule has 0 amide bonds. The third-order valence-electron chi connectivity index (χ3n) is 4.34. The molecule has 2 aromatic heterocycles. The van der Waals surface area contributed by atoms with Gasteiger partial charge in [-0.15, -0.1) is 22.7 Å². The normalized spacial score (nSPS) is 16.7. The van der Waals surface area contributed by atoms with Crippen LogP contribution in [0.2, 0.25) is 0 Å². The summed E-state index contributed by atoms with van der Waals surface area (Å²) in [6, 6.07) is 6.97. The molecule has 130 valence electrons. The molecule has 6 heteroatoms. The van der Waals surface area contributed by atoms with E-state index in [1.165, 1.54) is 16.9 Å². The van der Waals surface area contributed by atoms with Crippen LogP contribution in [0.15, 0.2) is 34.0 Å². The summed E-state index contributed by atoms with van der Waals surface area (Å²) in [7, 11) is 0. The van der Waals surface area contributed by atoms with E-state index in [1.54, 1.807) is 16.2 Å². The lowest BCUT2D eigenvalue weighted by atomic mass is 10.1. The molecule has 1 aliphatic rings. The minimum absolute atomic E-state index is 0.489. The van der Waals surface area contributed by atoms with Crippen molar-refractivity contribution in [2.24, 2.45) is 4.99 Å². The summed E-state index contributed by atoms with van der Waals surface area (Å²) in [6.07, 6.45) is 1.18. The average molecular weight is 363 g/mol. The van der Waals surface area contributed by atoms with Gasteiger partial charge in [0.15, 0.2) is 5.96 Å². The van der Waals surface area contributed by atoms with Gasteiger partial charge in [0.1, 0.15) is 0 Å². The summed E-state index contributed by atoms with van der Waals surface area (Å²) in [4.78, 5) is 10.1. The molecule has 2 N–H and O–H groups in total. The van der Waals surface area contributed by atoms with Gasteiger partial charge in [-0.25, -0.2) is 4.99 Å². The van der Waals surface area contributed by atoms with Gasteiger partial charge in [0.05, 0.1) is 6.54 Å². The summed E-state index contributed by atoms with van der Waals surface area (Å²) >= 11 is 3.65. The first-order chi connectivity index (χ1) is 11.8. The summed E-state index contributed by atoms with van der Waals surface area (Å²) < 4.78 is 0. The van der Waals surface area contributed by atoms with Crippen molar-refractivity contribution in [3.63, 3.8) is 0 Å². The second kappa shape index (κ2) is 8.65. The Hall–Kier alpha value is -1.37. The molecule has 0 saturated heterocycles. The molecular formula is C18H26N4S2. The summed E-state index contributed by atoms with van der Waals surface area (Å²) in [5.41, 5.74) is 1.51. The fourth-order valence-corrected chi connectivity index (χ4v) is 4.44. The van der Waals surface area contributed by atoms with Crippen molar-refractivity contribution in [1.82, 2.24) is 15.5 Å². The van der Waals surface area contributed by atoms with E-state index in [9.17, 15) is 0 Å². The van der Waals surface area contributed by atoms with Crippen LogP contribution in [0, 0.1) is 0 Å². The maximum Gasteiger partial charge on any atom is 0.191 e. The third-order valence-corrected chi connectivity index (χ3v) is 6.23. The average Bonchev–Trinajstić information content (AvgIpc) is 3.27. The van der Waals surface area contributed by atoms with Crippen molar-refractivity contribution >= 4 is 28.6 Å². The van der Waals surface area contributed by atoms with Crippen molar-refractivity contribution in [3.8, 4) is 0 Å². The highest BCUT2D eigenvalue weighted by atomic mass is 32.1. The Morgan fingerprint density at radius 2 is 2.21 bits per heavy atom. The number of guanidine groups is 1. The van der Waals surface area contributed by atoms with Gasteiger partial charge in [0.25, 0.3) is 0 Å². The van der Waals surface area contributed by atoms with Crippen LogP contribution < -0.4 is 10.6 Å². The van der Waals surface area contributed by atoms with Crippen molar-refractivity contribution < 1.29 is 0 Å². The van der Waals surface area contributed by atoms with Gasteiger partial charge in [-0.05, 0) is 48.7 Å². The number of hydrogen-bond donors (Lipinski definition) is 2. The van der Waals surface area contributed by atoms with Crippen LogP contribution in [0.1, 0.15) is 29.2 Å². The predicted molar refractivity (Wildman–Crippen MR) is 105 cm³/mol. The van der Waals surface area contributed by atoms with Crippen molar-refractivity contribution in [2.75, 3.05) is 19.6 Å². The lowest BCUT2D eigenvalue weighted by molar-refractivity contribution is 0.192. The molecule has 0 spiro atoms. The molecule has 1 aliphatic heterocycles. The molecule has 1 unspecified atom stereocenters. The van der Waals surface area contributed by atoms with Crippen LogP contribution in [0.3, 0.4) is 0 Å². The van der Waals surface area contributed by atoms with E-state index in [4.69, 9.17) is 0 Å². The fourth-order valence-electron chi connectivity index (χ4n) is 2.92. The SMILES string of the molecule is CCNC(=NCc1cccs1)NCC(C)N1CCc2sccc2C1. The van der Waals surface area contributed by atoms with Crippen LogP contribution in [0.25, 0.3) is 0 Å². The first-order valence-electron chi connectivity index (χ1n) is 8.60. The molecule has 0 bridgehead atoms. The minimum atomic E-state index is 0.489. The highest BCUT2D eigenvalue weighted by Gasteiger charge is 2.21. The largest absolute Gasteiger partial charge is 0.357 e. The number of rotatable bonds is 6. The molecule has 0 aromatic carbocycles. The van der Waals surface area contributed by atoms with Gasteiger partial charge in [0.2, 0.25) is 0 Å². The lowest BCUT2D eigenvalue weighted by Crippen LogP contribution is -2.47. The van der Waals surface area contributed by atoms with E-state index in [2.05, 4.69) is 63.3 Å². The zero-order valence-electron chi connectivity index (χ0n) is 14.4. The lowest BCUT2D eigenvalue weighted by Gasteiger charge is -2.32. The third kappa shape index (κ3) is 4.59. The Bertz CT molecular complexity index is 648. The second-order valence-electron chi connectivity index (χ2n) is 6.09. The molecule has 3 heterocycles. The quantitative estimate of drug-likeness (QED) is 0.612. The molecule has 0 aliphatic carbocycles. The van der Waals surface area contributed by atoms with Crippen LogP contribution in [-0.4, -0.2) is 36.5 Å². The zero-order valence-corrected chi connectivity index (χ0v) is 16.1. The monoisotopic (exact) mass is 362 g/mol. The highest BCUT2D eigenvalue weighted by molar-refractivity contribution is 7.10. The number of hydrogen-bond acceptors (Lipinski definition) is 4. The van der Waals surface area contributed by atoms with Gasteiger partial charge < -0.3 is 10.6 Å². The fraction of sp³-hybridized carbons (Fsp3) is 0.500. The maximum absolute atomic E-state index is 4.69. The van der Waals surface area contributed by atoms with Gasteiger partial charge >= 0.3 is 0 Å². The van der Waals surface area contributed by atoms with Gasteiger partial charge in [-0.3, -0.25) is 4.90 Å². The summed E-state index contributed by atoms with van der Waals surface area (Å²) in [6.45, 7) is 9.16. The minimum Gasteiger partial charge on any atom is -0.357 e. The zero-order chi connectivity index (χ0) is 16.8. The Balaban J connectivity index is 1.51. The van der Waals surface area contributed by atoms with Crippen LogP contribution in [-0.2, 0) is 19.5 Å². The standard InChI is InChI=1S/C18H26N4S2/c1-3-19-18(21-12-16-5-4-9-23-16)20-11-14(2)22-8-6-17-15(13-22)7-10-24-17/h4-5,7,9-10,14H,3,6,8,11-13H2,1-2H3,(H2,19,20,21). The molecule has 2 aromatic rings. The topological polar surface area (TPSA) is 39.7 Å². The van der Waals surface area contributed by atoms with E-state index < -0.39 is 0 Å². The highest BCUT2D eigenvalue weighted by Crippen LogP contribution is 2.24. The number of nitrogens with one attached hydrogen (secondary N) is 2. The molecule has 0 radical (unpaired) electrons. The molecule has 4 nitrogen and oxygen atoms in total. The Morgan fingerprint density at radius 3 is 3.00 bits per heavy atom. The molecule has 24 heavy (non-hydrogen) atoms. The number of fused-ring (bicyclic) bond motifs is 1. The van der Waals surface area contributed by atoms with Crippen molar-refractivity contribution in [3.05, 3.63) is 44.3 Å². The summed E-state index contributed by atoms with van der Waals surface area (Å²) in [5, 5.41) is 11.2. The first-order valence-corrected chi connectivity index (χ1v) is 10.4. The molecular weight excluding hydrogens is 336 g/mol. The van der Waals surface area contributed by atoms with E-state index in [-0.39, 0.29) is 0 Å². The number of nitrogens with zero attached hydrogens (tertiary/aromatic N) is 2. The molecule has 0 saturated carbocycles. The predicted octanol–water partition coefficient (Wildman–Crippen LogP) is 3.31. The van der Waals surface area contributed by atoms with Crippen LogP contribution >= 0.6 is 22.7 Å². The van der Waals surface area contributed by atoms with E-state index >= 15 is 0 Å². The first kappa shape index (κ1) is 17.5. The van der Waals surface area contributed by atoms with E-state index in [0.717, 1.165) is 38.7 Å². The van der Waals surface area contributed by atoms with Crippen molar-refractivity contribution in [2.45, 2.75) is 39.4 Å². The Morgan fingerprint density at radius 1 is 1.29 bits per heavy atom. The van der Waals surface area contributed by atoms with Gasteiger partial charge in [0, 0.05) is 42.0 Å². The number of aliphatic imine (C=N–C) groups is 1. The Labute approximate surface area is 152 Å². The summed E-state index contributed by atoms with van der Waals surface area (Å²) in [5.74, 6) is 0.908. The smallest absolute Gasteiger partial charge is 0.191 e.